The Bertz CT molecular complexity index is 1730. The van der Waals surface area contributed by atoms with Crippen molar-refractivity contribution in [2.75, 3.05) is 19.8 Å². The highest BCUT2D eigenvalue weighted by molar-refractivity contribution is 5.83. The summed E-state index contributed by atoms with van der Waals surface area (Å²) < 4.78 is 18.8. The molecule has 0 N–H and O–H groups in total. The average Bonchev–Trinajstić information content (AvgIpc) is 2.97. The number of hydrogen-bond donors (Lipinski definition) is 0. The average molecular weight is 565 g/mol. The molecule has 3 aromatic carbocycles. The highest BCUT2D eigenvalue weighted by Gasteiger charge is 2.19. The fraction of sp³-hybridized carbons (Fsp3) is 0.294. The van der Waals surface area contributed by atoms with E-state index in [1.807, 2.05) is 63.2 Å². The van der Waals surface area contributed by atoms with Crippen LogP contribution in [0, 0.1) is 18.3 Å². The van der Waals surface area contributed by atoms with Crippen LogP contribution in [0.4, 0.5) is 0 Å². The van der Waals surface area contributed by atoms with E-state index in [4.69, 9.17) is 24.5 Å². The maximum Gasteiger partial charge on any atom is 0.282 e. The monoisotopic (exact) mass is 564 g/mol. The highest BCUT2D eigenvalue weighted by atomic mass is 16.5. The smallest absolute Gasteiger partial charge is 0.282 e. The van der Waals surface area contributed by atoms with Crippen LogP contribution in [0.5, 0.6) is 17.2 Å². The van der Waals surface area contributed by atoms with E-state index in [2.05, 4.69) is 25.5 Å². The molecule has 0 bridgehead atoms. The molecule has 216 valence electrons. The van der Waals surface area contributed by atoms with E-state index in [-0.39, 0.29) is 18.1 Å². The molecule has 0 spiro atoms. The summed E-state index contributed by atoms with van der Waals surface area (Å²) in [5.41, 5.74) is 4.53. The van der Waals surface area contributed by atoms with Crippen molar-refractivity contribution >= 4 is 17.1 Å². The maximum atomic E-state index is 13.9. The standard InChI is InChI=1S/C34H36N4O4/c1-7-12-25-18-24(19-31(41-9-3)32(25)42-16-15-35)21-36-38-33(37-29-14-11-10-13-26(29)34(38)39)28-20-27(22(4)5)30(40-8-2)17-23(28)6/h7,10-11,13-14,17-22H,1,8-9,12,16H2,2-6H3. The third kappa shape index (κ3) is 6.36. The molecule has 8 nitrogen and oxygen atoms in total. The Balaban J connectivity index is 1.94. The van der Waals surface area contributed by atoms with E-state index in [0.717, 1.165) is 28.0 Å². The predicted molar refractivity (Wildman–Crippen MR) is 167 cm³/mol. The van der Waals surface area contributed by atoms with Gasteiger partial charge in [-0.1, -0.05) is 32.1 Å². The molecule has 0 amide bonds. The quantitative estimate of drug-likeness (QED) is 0.139. The minimum atomic E-state index is -0.281. The number of para-hydroxylation sites is 1. The summed E-state index contributed by atoms with van der Waals surface area (Å²) in [6.45, 7) is 14.7. The molecule has 8 heteroatoms. The summed E-state index contributed by atoms with van der Waals surface area (Å²) in [7, 11) is 0. The van der Waals surface area contributed by atoms with E-state index < -0.39 is 0 Å². The van der Waals surface area contributed by atoms with E-state index >= 15 is 0 Å². The molecule has 0 saturated heterocycles. The Morgan fingerprint density at radius 1 is 1.07 bits per heavy atom. The summed E-state index contributed by atoms with van der Waals surface area (Å²) in [6, 6.07) is 17.0. The third-order valence-electron chi connectivity index (χ3n) is 6.69. The van der Waals surface area contributed by atoms with Gasteiger partial charge < -0.3 is 14.2 Å². The van der Waals surface area contributed by atoms with Gasteiger partial charge in [-0.25, -0.2) is 4.98 Å². The highest BCUT2D eigenvalue weighted by Crippen LogP contribution is 2.35. The molecule has 0 saturated carbocycles. The first-order valence-corrected chi connectivity index (χ1v) is 14.1. The van der Waals surface area contributed by atoms with Gasteiger partial charge in [0.2, 0.25) is 0 Å². The number of hydrogen-bond acceptors (Lipinski definition) is 7. The van der Waals surface area contributed by atoms with Gasteiger partial charge in [-0.2, -0.15) is 15.0 Å². The Labute approximate surface area is 246 Å². The van der Waals surface area contributed by atoms with E-state index in [9.17, 15) is 4.79 Å². The summed E-state index contributed by atoms with van der Waals surface area (Å²) >= 11 is 0. The maximum absolute atomic E-state index is 13.9. The Morgan fingerprint density at radius 3 is 2.50 bits per heavy atom. The fourth-order valence-electron chi connectivity index (χ4n) is 4.80. The molecule has 0 aliphatic heterocycles. The lowest BCUT2D eigenvalue weighted by Gasteiger charge is -2.18. The van der Waals surface area contributed by atoms with Gasteiger partial charge in [-0.05, 0) is 86.2 Å². The van der Waals surface area contributed by atoms with E-state index in [1.54, 1.807) is 24.4 Å². The second kappa shape index (κ2) is 13.6. The van der Waals surface area contributed by atoms with Gasteiger partial charge >= 0.3 is 0 Å². The normalized spacial score (nSPS) is 11.2. The number of aromatic nitrogens is 2. The van der Waals surface area contributed by atoms with Gasteiger partial charge in [-0.15, -0.1) is 6.58 Å². The lowest BCUT2D eigenvalue weighted by molar-refractivity contribution is 0.297. The van der Waals surface area contributed by atoms with Crippen LogP contribution in [0.25, 0.3) is 22.3 Å². The van der Waals surface area contributed by atoms with Crippen LogP contribution in [0.15, 0.2) is 71.1 Å². The fourth-order valence-corrected chi connectivity index (χ4v) is 4.80. The van der Waals surface area contributed by atoms with Gasteiger partial charge in [0.15, 0.2) is 23.9 Å². The molecule has 0 unspecified atom stereocenters. The molecule has 0 aliphatic carbocycles. The van der Waals surface area contributed by atoms with E-state index in [1.165, 1.54) is 4.68 Å². The number of fused-ring (bicyclic) bond motifs is 1. The van der Waals surface area contributed by atoms with Crippen molar-refractivity contribution in [2.24, 2.45) is 5.10 Å². The number of benzene rings is 3. The van der Waals surface area contributed by atoms with Crippen LogP contribution in [0.1, 0.15) is 55.9 Å². The largest absolute Gasteiger partial charge is 0.494 e. The zero-order valence-electron chi connectivity index (χ0n) is 24.8. The third-order valence-corrected chi connectivity index (χ3v) is 6.69. The number of nitrogens with zero attached hydrogens (tertiary/aromatic N) is 4. The number of nitriles is 1. The number of ether oxygens (including phenoxy) is 3. The zero-order valence-corrected chi connectivity index (χ0v) is 24.8. The van der Waals surface area contributed by atoms with Gasteiger partial charge in [-0.3, -0.25) is 4.79 Å². The van der Waals surface area contributed by atoms with Crippen molar-refractivity contribution in [1.29, 1.82) is 5.26 Å². The molecule has 42 heavy (non-hydrogen) atoms. The molecule has 4 rings (SSSR count). The summed E-state index contributed by atoms with van der Waals surface area (Å²) in [5, 5.41) is 14.2. The number of allylic oxidation sites excluding steroid dienone is 1. The first-order valence-electron chi connectivity index (χ1n) is 14.1. The Hall–Kier alpha value is -4.90. The lowest BCUT2D eigenvalue weighted by Crippen LogP contribution is -2.21. The van der Waals surface area contributed by atoms with Crippen molar-refractivity contribution in [2.45, 2.75) is 47.0 Å². The SMILES string of the molecule is C=CCc1cc(C=Nn2c(-c3cc(C(C)C)c(OCC)cc3C)nc3ccccc3c2=O)cc(OCC)c1OCC#N. The van der Waals surface area contributed by atoms with Crippen LogP contribution in [-0.4, -0.2) is 35.7 Å². The molecule has 0 radical (unpaired) electrons. The zero-order chi connectivity index (χ0) is 30.2. The molecule has 4 aromatic rings. The molecule has 0 aliphatic rings. The first-order chi connectivity index (χ1) is 20.3. The minimum absolute atomic E-state index is 0.112. The van der Waals surface area contributed by atoms with Gasteiger partial charge in [0, 0.05) is 11.1 Å². The Morgan fingerprint density at radius 2 is 1.81 bits per heavy atom. The van der Waals surface area contributed by atoms with Crippen molar-refractivity contribution < 1.29 is 14.2 Å². The van der Waals surface area contributed by atoms with Crippen LogP contribution in [0.2, 0.25) is 0 Å². The topological polar surface area (TPSA) is 98.7 Å². The van der Waals surface area contributed by atoms with Crippen LogP contribution >= 0.6 is 0 Å². The summed E-state index contributed by atoms with van der Waals surface area (Å²) in [6.07, 6.45) is 3.86. The van der Waals surface area contributed by atoms with E-state index in [0.29, 0.717) is 53.4 Å². The summed E-state index contributed by atoms with van der Waals surface area (Å²) in [5.74, 6) is 2.43. The summed E-state index contributed by atoms with van der Waals surface area (Å²) in [4.78, 5) is 18.8. The predicted octanol–water partition coefficient (Wildman–Crippen LogP) is 6.81. The van der Waals surface area contributed by atoms with Gasteiger partial charge in [0.1, 0.15) is 11.8 Å². The first kappa shape index (κ1) is 30.1. The lowest BCUT2D eigenvalue weighted by atomic mass is 9.96. The van der Waals surface area contributed by atoms with Crippen molar-refractivity contribution in [3.8, 4) is 34.7 Å². The molecule has 1 aromatic heterocycles. The molecule has 0 fully saturated rings. The molecular formula is C34H36N4O4. The second-order valence-corrected chi connectivity index (χ2v) is 9.99. The molecular weight excluding hydrogens is 528 g/mol. The van der Waals surface area contributed by atoms with Gasteiger partial charge in [0.05, 0.1) is 30.3 Å². The van der Waals surface area contributed by atoms with Gasteiger partial charge in [0.25, 0.3) is 5.56 Å². The Kier molecular flexibility index (Phi) is 9.77. The van der Waals surface area contributed by atoms with Crippen molar-refractivity contribution in [3.63, 3.8) is 0 Å². The molecule has 0 atom stereocenters. The van der Waals surface area contributed by atoms with Crippen LogP contribution < -0.4 is 19.8 Å². The minimum Gasteiger partial charge on any atom is -0.494 e. The number of aryl methyl sites for hydroxylation is 1. The van der Waals surface area contributed by atoms with Crippen LogP contribution in [-0.2, 0) is 6.42 Å². The van der Waals surface area contributed by atoms with Crippen molar-refractivity contribution in [3.05, 3.63) is 93.8 Å². The van der Waals surface area contributed by atoms with Crippen molar-refractivity contribution in [1.82, 2.24) is 9.66 Å². The second-order valence-electron chi connectivity index (χ2n) is 9.99. The van der Waals surface area contributed by atoms with Crippen LogP contribution in [0.3, 0.4) is 0 Å². The molecule has 1 heterocycles. The number of rotatable bonds is 12.